The lowest BCUT2D eigenvalue weighted by atomic mass is 10.1. The van der Waals surface area contributed by atoms with E-state index in [9.17, 15) is 0 Å². The Kier molecular flexibility index (Phi) is 2.63. The number of hydroxylamine groups is 1. The lowest BCUT2D eigenvalue weighted by Gasteiger charge is -2.02. The van der Waals surface area contributed by atoms with Crippen LogP contribution in [0, 0.1) is 13.8 Å². The Balaban J connectivity index is 2.86. The maximum atomic E-state index is 8.43. The first-order valence-corrected chi connectivity index (χ1v) is 3.67. The summed E-state index contributed by atoms with van der Waals surface area (Å²) in [4.78, 5) is 0. The molecule has 1 rings (SSSR count). The van der Waals surface area contributed by atoms with Crippen molar-refractivity contribution in [1.82, 2.24) is 5.48 Å². The van der Waals surface area contributed by atoms with E-state index in [1.165, 1.54) is 11.1 Å². The highest BCUT2D eigenvalue weighted by atomic mass is 16.5. The minimum atomic E-state index is 0.515. The molecule has 2 nitrogen and oxygen atoms in total. The van der Waals surface area contributed by atoms with Crippen LogP contribution in [0.15, 0.2) is 18.2 Å². The highest BCUT2D eigenvalue weighted by molar-refractivity contribution is 5.29. The molecule has 0 unspecified atom stereocenters. The van der Waals surface area contributed by atoms with Crippen molar-refractivity contribution in [2.75, 3.05) is 0 Å². The zero-order valence-electron chi connectivity index (χ0n) is 6.89. The molecule has 0 atom stereocenters. The molecule has 0 saturated carbocycles. The van der Waals surface area contributed by atoms with Gasteiger partial charge in [0, 0.05) is 6.54 Å². The molecule has 11 heavy (non-hydrogen) atoms. The van der Waals surface area contributed by atoms with Gasteiger partial charge in [-0.1, -0.05) is 18.2 Å². The Morgan fingerprint density at radius 2 is 2.00 bits per heavy atom. The van der Waals surface area contributed by atoms with Crippen LogP contribution in [0.2, 0.25) is 0 Å². The zero-order valence-corrected chi connectivity index (χ0v) is 6.89. The Bertz CT molecular complexity index is 245. The van der Waals surface area contributed by atoms with Crippen LogP contribution in [-0.4, -0.2) is 5.21 Å². The number of hydrogen-bond donors (Lipinski definition) is 2. The first-order chi connectivity index (χ1) is 5.24. The van der Waals surface area contributed by atoms with Crippen molar-refractivity contribution >= 4 is 0 Å². The molecule has 0 bridgehead atoms. The summed E-state index contributed by atoms with van der Waals surface area (Å²) in [6, 6.07) is 6.13. The van der Waals surface area contributed by atoms with Gasteiger partial charge in [0.25, 0.3) is 0 Å². The van der Waals surface area contributed by atoms with Gasteiger partial charge >= 0.3 is 0 Å². The standard InChI is InChI=1S/C9H13NO/c1-7-3-4-9(6-10-11)5-8(7)2/h3-5,10-11H,6H2,1-2H3. The van der Waals surface area contributed by atoms with Crippen LogP contribution in [0.1, 0.15) is 16.7 Å². The summed E-state index contributed by atoms with van der Waals surface area (Å²) >= 11 is 0. The summed E-state index contributed by atoms with van der Waals surface area (Å²) in [5.74, 6) is 0. The molecule has 1 aromatic carbocycles. The highest BCUT2D eigenvalue weighted by Crippen LogP contribution is 2.08. The fourth-order valence-electron chi connectivity index (χ4n) is 1.00. The van der Waals surface area contributed by atoms with Crippen LogP contribution in [0.5, 0.6) is 0 Å². The molecule has 0 aliphatic carbocycles. The third kappa shape index (κ3) is 2.03. The van der Waals surface area contributed by atoms with E-state index in [1.54, 1.807) is 0 Å². The minimum Gasteiger partial charge on any atom is -0.316 e. The van der Waals surface area contributed by atoms with Crippen LogP contribution in [-0.2, 0) is 6.54 Å². The lowest BCUT2D eigenvalue weighted by Crippen LogP contribution is -2.06. The average molecular weight is 151 g/mol. The van der Waals surface area contributed by atoms with Crippen molar-refractivity contribution in [3.05, 3.63) is 34.9 Å². The second-order valence-corrected chi connectivity index (χ2v) is 2.75. The first-order valence-electron chi connectivity index (χ1n) is 3.67. The molecule has 0 aliphatic heterocycles. The van der Waals surface area contributed by atoms with Crippen LogP contribution >= 0.6 is 0 Å². The third-order valence-corrected chi connectivity index (χ3v) is 1.85. The molecule has 2 heteroatoms. The molecule has 0 aromatic heterocycles. The van der Waals surface area contributed by atoms with Crippen LogP contribution in [0.4, 0.5) is 0 Å². The van der Waals surface area contributed by atoms with E-state index in [0.29, 0.717) is 6.54 Å². The Hall–Kier alpha value is -0.860. The van der Waals surface area contributed by atoms with Crippen LogP contribution in [0.25, 0.3) is 0 Å². The second-order valence-electron chi connectivity index (χ2n) is 2.75. The summed E-state index contributed by atoms with van der Waals surface area (Å²) in [6.45, 7) is 4.66. The lowest BCUT2D eigenvalue weighted by molar-refractivity contribution is 0.161. The van der Waals surface area contributed by atoms with Crippen LogP contribution < -0.4 is 5.48 Å². The van der Waals surface area contributed by atoms with Crippen molar-refractivity contribution < 1.29 is 5.21 Å². The summed E-state index contributed by atoms with van der Waals surface area (Å²) in [6.07, 6.45) is 0. The van der Waals surface area contributed by atoms with E-state index in [2.05, 4.69) is 31.5 Å². The van der Waals surface area contributed by atoms with E-state index in [4.69, 9.17) is 5.21 Å². The van der Waals surface area contributed by atoms with E-state index < -0.39 is 0 Å². The first kappa shape index (κ1) is 8.24. The molecule has 1 aromatic rings. The molecule has 0 saturated heterocycles. The smallest absolute Gasteiger partial charge is 0.0458 e. The fourth-order valence-corrected chi connectivity index (χ4v) is 1.00. The number of aryl methyl sites for hydroxylation is 2. The molecular weight excluding hydrogens is 138 g/mol. The zero-order chi connectivity index (χ0) is 8.27. The van der Waals surface area contributed by atoms with Crippen molar-refractivity contribution in [2.24, 2.45) is 0 Å². The predicted molar refractivity (Wildman–Crippen MR) is 44.5 cm³/mol. The van der Waals surface area contributed by atoms with Gasteiger partial charge in [0.05, 0.1) is 0 Å². The Morgan fingerprint density at radius 3 is 2.55 bits per heavy atom. The van der Waals surface area contributed by atoms with Gasteiger partial charge in [-0.2, -0.15) is 0 Å². The number of hydrogen-bond acceptors (Lipinski definition) is 2. The van der Waals surface area contributed by atoms with E-state index in [0.717, 1.165) is 5.56 Å². The molecule has 0 radical (unpaired) electrons. The summed E-state index contributed by atoms with van der Waals surface area (Å²) in [5.41, 5.74) is 5.78. The second kappa shape index (κ2) is 3.51. The normalized spacial score (nSPS) is 10.1. The monoisotopic (exact) mass is 151 g/mol. The Labute approximate surface area is 66.8 Å². The molecular formula is C9H13NO. The maximum absolute atomic E-state index is 8.43. The van der Waals surface area contributed by atoms with Crippen molar-refractivity contribution in [1.29, 1.82) is 0 Å². The minimum absolute atomic E-state index is 0.515. The van der Waals surface area contributed by atoms with Crippen molar-refractivity contribution in [3.63, 3.8) is 0 Å². The SMILES string of the molecule is Cc1ccc(CNO)cc1C. The molecule has 60 valence electrons. The van der Waals surface area contributed by atoms with Gasteiger partial charge in [-0.3, -0.25) is 0 Å². The summed E-state index contributed by atoms with van der Waals surface area (Å²) in [7, 11) is 0. The van der Waals surface area contributed by atoms with E-state index >= 15 is 0 Å². The molecule has 2 N–H and O–H groups in total. The van der Waals surface area contributed by atoms with Gasteiger partial charge in [0.1, 0.15) is 0 Å². The topological polar surface area (TPSA) is 32.3 Å². The molecule has 0 spiro atoms. The molecule has 0 heterocycles. The molecule has 0 fully saturated rings. The average Bonchev–Trinajstić information content (AvgIpc) is 1.98. The fraction of sp³-hybridized carbons (Fsp3) is 0.333. The largest absolute Gasteiger partial charge is 0.316 e. The van der Waals surface area contributed by atoms with E-state index in [-0.39, 0.29) is 0 Å². The number of benzene rings is 1. The summed E-state index contributed by atoms with van der Waals surface area (Å²) < 4.78 is 0. The van der Waals surface area contributed by atoms with Gasteiger partial charge in [0.15, 0.2) is 0 Å². The Morgan fingerprint density at radius 1 is 1.27 bits per heavy atom. The quantitative estimate of drug-likeness (QED) is 0.631. The van der Waals surface area contributed by atoms with Gasteiger partial charge in [0.2, 0.25) is 0 Å². The highest BCUT2D eigenvalue weighted by Gasteiger charge is 1.94. The molecule has 0 aliphatic rings. The van der Waals surface area contributed by atoms with Gasteiger partial charge in [-0.15, -0.1) is 0 Å². The van der Waals surface area contributed by atoms with E-state index in [1.807, 2.05) is 6.07 Å². The van der Waals surface area contributed by atoms with Gasteiger partial charge < -0.3 is 5.21 Å². The predicted octanol–water partition coefficient (Wildman–Crippen LogP) is 1.78. The van der Waals surface area contributed by atoms with Crippen LogP contribution in [0.3, 0.4) is 0 Å². The third-order valence-electron chi connectivity index (χ3n) is 1.85. The maximum Gasteiger partial charge on any atom is 0.0458 e. The van der Waals surface area contributed by atoms with Crippen molar-refractivity contribution in [3.8, 4) is 0 Å². The summed E-state index contributed by atoms with van der Waals surface area (Å²) in [5, 5.41) is 8.43. The number of rotatable bonds is 2. The number of nitrogens with one attached hydrogen (secondary N) is 1. The molecule has 0 amide bonds. The van der Waals surface area contributed by atoms with Gasteiger partial charge in [-0.25, -0.2) is 5.48 Å². The van der Waals surface area contributed by atoms with Gasteiger partial charge in [-0.05, 0) is 30.5 Å². The van der Waals surface area contributed by atoms with Crippen molar-refractivity contribution in [2.45, 2.75) is 20.4 Å².